The van der Waals surface area contributed by atoms with Crippen LogP contribution in [-0.4, -0.2) is 15.0 Å². The minimum absolute atomic E-state index is 0.307. The van der Waals surface area contributed by atoms with Gasteiger partial charge in [-0.05, 0) is 95.6 Å². The molecule has 4 aromatic carbocycles. The van der Waals surface area contributed by atoms with E-state index < -0.39 is 0 Å². The fourth-order valence-electron chi connectivity index (χ4n) is 9.99. The Bertz CT molecular complexity index is 1980. The first-order valence-corrected chi connectivity index (χ1v) is 16.5. The van der Waals surface area contributed by atoms with Gasteiger partial charge in [-0.15, -0.1) is 0 Å². The lowest BCUT2D eigenvalue weighted by molar-refractivity contribution is -0.00518. The van der Waals surface area contributed by atoms with E-state index >= 15 is 0 Å². The first kappa shape index (κ1) is 26.8. The highest BCUT2D eigenvalue weighted by Gasteiger charge is 2.51. The second-order valence-corrected chi connectivity index (χ2v) is 14.6. The first-order chi connectivity index (χ1) is 21.9. The van der Waals surface area contributed by atoms with E-state index in [-0.39, 0.29) is 5.41 Å². The van der Waals surface area contributed by atoms with E-state index in [1.54, 1.807) is 0 Å². The van der Waals surface area contributed by atoms with Crippen LogP contribution in [0, 0.1) is 29.1 Å². The second kappa shape index (κ2) is 9.69. The molecule has 0 spiro atoms. The van der Waals surface area contributed by atoms with Gasteiger partial charge in [0.2, 0.25) is 0 Å². The molecule has 45 heavy (non-hydrogen) atoms. The lowest BCUT2D eigenvalue weighted by Gasteiger charge is -2.57. The van der Waals surface area contributed by atoms with Crippen LogP contribution in [0.5, 0.6) is 0 Å². The predicted molar refractivity (Wildman–Crippen MR) is 178 cm³/mol. The number of fused-ring (bicyclic) bond motifs is 3. The van der Waals surface area contributed by atoms with Crippen molar-refractivity contribution < 1.29 is 0 Å². The maximum absolute atomic E-state index is 10.0. The Morgan fingerprint density at radius 3 is 1.84 bits per heavy atom. The van der Waals surface area contributed by atoms with Gasteiger partial charge < -0.3 is 0 Å². The summed E-state index contributed by atoms with van der Waals surface area (Å²) in [6.45, 7) is 4.42. The molecule has 5 aliphatic carbocycles. The Kier molecular flexibility index (Phi) is 5.76. The van der Waals surface area contributed by atoms with Gasteiger partial charge in [0.25, 0.3) is 0 Å². The summed E-state index contributed by atoms with van der Waals surface area (Å²) in [5, 5.41) is 10.0. The van der Waals surface area contributed by atoms with Crippen LogP contribution in [0.4, 0.5) is 0 Å². The van der Waals surface area contributed by atoms with Gasteiger partial charge in [-0.2, -0.15) is 5.26 Å². The maximum Gasteiger partial charge on any atom is 0.164 e. The summed E-state index contributed by atoms with van der Waals surface area (Å²) in [6, 6.07) is 34.3. The fourth-order valence-corrected chi connectivity index (χ4v) is 9.99. The van der Waals surface area contributed by atoms with E-state index in [2.05, 4.69) is 80.6 Å². The summed E-state index contributed by atoms with van der Waals surface area (Å²) in [6.07, 6.45) is 8.44. The molecule has 4 fully saturated rings. The zero-order valence-corrected chi connectivity index (χ0v) is 25.9. The number of hydrogen-bond acceptors (Lipinski definition) is 4. The molecule has 0 amide bonds. The smallest absolute Gasteiger partial charge is 0.164 e. The van der Waals surface area contributed by atoms with Crippen LogP contribution in [0.15, 0.2) is 91.0 Å². The summed E-state index contributed by atoms with van der Waals surface area (Å²) in [7, 11) is 0. The largest absolute Gasteiger partial charge is 0.208 e. The molecule has 4 saturated carbocycles. The SMILES string of the molecule is CC1(C)c2cccc(-c3nc(-c4ccccc4)nc(-c4ccc(C56C[C@H]7C[C@H](C5)C[C@@H](C6)C7)cc4)n3)c2-c2cccc(C#N)c21. The van der Waals surface area contributed by atoms with E-state index in [0.717, 1.165) is 56.7 Å². The number of rotatable bonds is 4. The molecule has 0 N–H and O–H groups in total. The van der Waals surface area contributed by atoms with Gasteiger partial charge in [-0.3, -0.25) is 0 Å². The normalized spacial score (nSPS) is 25.0. The van der Waals surface area contributed by atoms with Gasteiger partial charge in [0.15, 0.2) is 17.5 Å². The molecule has 1 heterocycles. The van der Waals surface area contributed by atoms with Gasteiger partial charge in [-0.1, -0.05) is 98.8 Å². The van der Waals surface area contributed by atoms with Gasteiger partial charge in [-0.25, -0.2) is 15.0 Å². The van der Waals surface area contributed by atoms with Gasteiger partial charge >= 0.3 is 0 Å². The summed E-state index contributed by atoms with van der Waals surface area (Å²) in [4.78, 5) is 15.3. The molecular formula is C41H36N4. The zero-order chi connectivity index (χ0) is 30.3. The molecule has 5 aliphatic rings. The van der Waals surface area contributed by atoms with Gasteiger partial charge in [0.05, 0.1) is 11.6 Å². The van der Waals surface area contributed by atoms with E-state index in [1.165, 1.54) is 49.7 Å². The highest BCUT2D eigenvalue weighted by atomic mass is 15.0. The average molecular weight is 585 g/mol. The topological polar surface area (TPSA) is 62.5 Å². The fraction of sp³-hybridized carbons (Fsp3) is 0.317. The van der Waals surface area contributed by atoms with Crippen LogP contribution < -0.4 is 0 Å². The Balaban J connectivity index is 1.18. The van der Waals surface area contributed by atoms with Crippen LogP contribution in [-0.2, 0) is 10.8 Å². The third-order valence-corrected chi connectivity index (χ3v) is 11.5. The Labute approximate surface area is 265 Å². The predicted octanol–water partition coefficient (Wildman–Crippen LogP) is 9.52. The van der Waals surface area contributed by atoms with Gasteiger partial charge in [0, 0.05) is 22.1 Å². The van der Waals surface area contributed by atoms with E-state index in [1.807, 2.05) is 30.3 Å². The Morgan fingerprint density at radius 2 is 1.20 bits per heavy atom. The number of benzene rings is 4. The van der Waals surface area contributed by atoms with Crippen LogP contribution in [0.1, 0.15) is 74.6 Å². The van der Waals surface area contributed by atoms with Crippen molar-refractivity contribution in [3.05, 3.63) is 113 Å². The van der Waals surface area contributed by atoms with Crippen LogP contribution in [0.25, 0.3) is 45.3 Å². The van der Waals surface area contributed by atoms with Crippen molar-refractivity contribution in [2.75, 3.05) is 0 Å². The van der Waals surface area contributed by atoms with Crippen molar-refractivity contribution >= 4 is 0 Å². The van der Waals surface area contributed by atoms with Crippen molar-refractivity contribution in [2.24, 2.45) is 17.8 Å². The highest BCUT2D eigenvalue weighted by Crippen LogP contribution is 2.61. The molecule has 4 nitrogen and oxygen atoms in total. The lowest BCUT2D eigenvalue weighted by atomic mass is 9.48. The minimum Gasteiger partial charge on any atom is -0.208 e. The quantitative estimate of drug-likeness (QED) is 0.211. The molecule has 4 bridgehead atoms. The van der Waals surface area contributed by atoms with E-state index in [9.17, 15) is 5.26 Å². The summed E-state index contributed by atoms with van der Waals surface area (Å²) >= 11 is 0. The molecule has 220 valence electrons. The molecule has 10 rings (SSSR count). The molecule has 0 radical (unpaired) electrons. The third-order valence-electron chi connectivity index (χ3n) is 11.5. The van der Waals surface area contributed by atoms with Crippen molar-refractivity contribution in [1.82, 2.24) is 15.0 Å². The van der Waals surface area contributed by atoms with E-state index in [0.29, 0.717) is 22.9 Å². The van der Waals surface area contributed by atoms with Crippen LogP contribution in [0.2, 0.25) is 0 Å². The molecule has 0 saturated heterocycles. The molecule has 0 unspecified atom stereocenters. The summed E-state index contributed by atoms with van der Waals surface area (Å²) in [5.74, 6) is 4.78. The van der Waals surface area contributed by atoms with E-state index in [4.69, 9.17) is 15.0 Å². The third kappa shape index (κ3) is 4.06. The molecule has 0 atom stereocenters. The lowest BCUT2D eigenvalue weighted by Crippen LogP contribution is -2.48. The molecule has 4 heteroatoms. The summed E-state index contributed by atoms with van der Waals surface area (Å²) in [5.41, 5.74) is 9.72. The highest BCUT2D eigenvalue weighted by molar-refractivity contribution is 5.92. The number of hydrogen-bond donors (Lipinski definition) is 0. The van der Waals surface area contributed by atoms with Crippen LogP contribution >= 0.6 is 0 Å². The zero-order valence-electron chi connectivity index (χ0n) is 25.9. The van der Waals surface area contributed by atoms with Gasteiger partial charge in [0.1, 0.15) is 0 Å². The molecule has 0 aliphatic heterocycles. The number of nitriles is 1. The first-order valence-electron chi connectivity index (χ1n) is 16.5. The Hall–Kier alpha value is -4.62. The number of aromatic nitrogens is 3. The summed E-state index contributed by atoms with van der Waals surface area (Å²) < 4.78 is 0. The maximum atomic E-state index is 10.0. The minimum atomic E-state index is -0.307. The molecule has 5 aromatic rings. The van der Waals surface area contributed by atoms with Crippen molar-refractivity contribution in [3.63, 3.8) is 0 Å². The molecular weight excluding hydrogens is 548 g/mol. The van der Waals surface area contributed by atoms with Crippen molar-refractivity contribution in [2.45, 2.75) is 63.2 Å². The van der Waals surface area contributed by atoms with Crippen molar-refractivity contribution in [3.8, 4) is 51.4 Å². The standard InChI is InChI=1S/C41H36N4/c1-40(2)34-13-7-12-33(35(34)32-11-6-10-30(24-42)36(32)40)39-44-37(28-8-4-3-5-9-28)43-38(45-39)29-14-16-31(17-15-29)41-21-25-18-26(22-41)20-27(19-25)23-41/h3-17,25-27H,18-23H2,1-2H3/t25-,26-,27-,41?. The molecule has 1 aromatic heterocycles. The monoisotopic (exact) mass is 584 g/mol. The average Bonchev–Trinajstić information content (AvgIpc) is 3.31. The second-order valence-electron chi connectivity index (χ2n) is 14.6. The number of nitrogens with zero attached hydrogens (tertiary/aromatic N) is 4. The van der Waals surface area contributed by atoms with Crippen LogP contribution in [0.3, 0.4) is 0 Å². The van der Waals surface area contributed by atoms with Crippen molar-refractivity contribution in [1.29, 1.82) is 5.26 Å². The Morgan fingerprint density at radius 1 is 0.622 bits per heavy atom.